The first kappa shape index (κ1) is 17.8. The number of benzene rings is 2. The third kappa shape index (κ3) is 4.22. The lowest BCUT2D eigenvalue weighted by Crippen LogP contribution is -2.26. The van der Waals surface area contributed by atoms with Crippen molar-refractivity contribution in [2.75, 3.05) is 13.2 Å². The summed E-state index contributed by atoms with van der Waals surface area (Å²) >= 11 is 1.65. The van der Waals surface area contributed by atoms with Gasteiger partial charge in [0, 0.05) is 19.3 Å². The lowest BCUT2D eigenvalue weighted by molar-refractivity contribution is -0.121. The topological polar surface area (TPSA) is 60.5 Å². The zero-order chi connectivity index (χ0) is 18.6. The Hall–Kier alpha value is -2.60. The van der Waals surface area contributed by atoms with Gasteiger partial charge in [0.2, 0.25) is 5.91 Å². The largest absolute Gasteiger partial charge is 0.490 e. The van der Waals surface area contributed by atoms with Crippen LogP contribution in [0.15, 0.2) is 42.5 Å². The number of nitrogens with zero attached hydrogens (tertiary/aromatic N) is 1. The highest BCUT2D eigenvalue weighted by Crippen LogP contribution is 2.32. The fourth-order valence-corrected chi connectivity index (χ4v) is 4.06. The van der Waals surface area contributed by atoms with Crippen LogP contribution in [-0.2, 0) is 11.2 Å². The van der Waals surface area contributed by atoms with Gasteiger partial charge in [-0.05, 0) is 36.8 Å². The number of aromatic nitrogens is 1. The molecule has 1 aliphatic heterocycles. The number of amides is 1. The average molecular weight is 382 g/mol. The van der Waals surface area contributed by atoms with E-state index in [0.717, 1.165) is 38.7 Å². The molecule has 1 aromatic heterocycles. The second-order valence-electron chi connectivity index (χ2n) is 6.62. The molecule has 4 rings (SSSR count). The number of hydrogen-bond acceptors (Lipinski definition) is 5. The average Bonchev–Trinajstić information content (AvgIpc) is 2.95. The van der Waals surface area contributed by atoms with Gasteiger partial charge >= 0.3 is 0 Å². The Labute approximate surface area is 162 Å². The number of thiazole rings is 1. The zero-order valence-electron chi connectivity index (χ0n) is 15.2. The summed E-state index contributed by atoms with van der Waals surface area (Å²) in [5.74, 6) is 1.54. The molecule has 5 nitrogen and oxygen atoms in total. The predicted molar refractivity (Wildman–Crippen MR) is 107 cm³/mol. The maximum Gasteiger partial charge on any atom is 0.220 e. The lowest BCUT2D eigenvalue weighted by atomic mass is 10.1. The molecule has 6 heteroatoms. The Morgan fingerprint density at radius 2 is 2.00 bits per heavy atom. The highest BCUT2D eigenvalue weighted by Gasteiger charge is 2.15. The van der Waals surface area contributed by atoms with Crippen molar-refractivity contribution in [1.29, 1.82) is 0 Å². The van der Waals surface area contributed by atoms with Gasteiger partial charge in [-0.1, -0.05) is 18.2 Å². The number of fused-ring (bicyclic) bond motifs is 2. The zero-order valence-corrected chi connectivity index (χ0v) is 16.1. The molecule has 1 atom stereocenters. The molecule has 27 heavy (non-hydrogen) atoms. The SMILES string of the molecule is CC(NC(=O)CCc1nc2ccccc2s1)c1ccc2c(c1)OCCCO2. The molecule has 1 aliphatic rings. The van der Waals surface area contributed by atoms with Crippen LogP contribution in [0.2, 0.25) is 0 Å². The fourth-order valence-electron chi connectivity index (χ4n) is 3.09. The molecule has 3 aromatic rings. The van der Waals surface area contributed by atoms with Crippen LogP contribution in [-0.4, -0.2) is 24.1 Å². The van der Waals surface area contributed by atoms with Crippen molar-refractivity contribution in [2.24, 2.45) is 0 Å². The van der Waals surface area contributed by atoms with Gasteiger partial charge in [-0.2, -0.15) is 0 Å². The summed E-state index contributed by atoms with van der Waals surface area (Å²) in [5.41, 5.74) is 2.01. The van der Waals surface area contributed by atoms with E-state index in [1.54, 1.807) is 11.3 Å². The minimum atomic E-state index is -0.0926. The molecule has 0 saturated heterocycles. The van der Waals surface area contributed by atoms with Crippen molar-refractivity contribution < 1.29 is 14.3 Å². The summed E-state index contributed by atoms with van der Waals surface area (Å²) in [6.07, 6.45) is 1.95. The first-order chi connectivity index (χ1) is 13.2. The van der Waals surface area contributed by atoms with Gasteiger partial charge in [0.25, 0.3) is 0 Å². The van der Waals surface area contributed by atoms with Crippen LogP contribution in [0.4, 0.5) is 0 Å². The van der Waals surface area contributed by atoms with Crippen LogP contribution in [0.1, 0.15) is 36.4 Å². The van der Waals surface area contributed by atoms with Gasteiger partial charge in [-0.15, -0.1) is 11.3 Å². The first-order valence-electron chi connectivity index (χ1n) is 9.22. The van der Waals surface area contributed by atoms with E-state index in [-0.39, 0.29) is 11.9 Å². The third-order valence-corrected chi connectivity index (χ3v) is 5.65. The van der Waals surface area contributed by atoms with Crippen molar-refractivity contribution >= 4 is 27.5 Å². The Morgan fingerprint density at radius 3 is 2.85 bits per heavy atom. The van der Waals surface area contributed by atoms with Crippen molar-refractivity contribution in [3.8, 4) is 11.5 Å². The number of hydrogen-bond donors (Lipinski definition) is 1. The van der Waals surface area contributed by atoms with Crippen molar-refractivity contribution in [3.63, 3.8) is 0 Å². The summed E-state index contributed by atoms with van der Waals surface area (Å²) in [4.78, 5) is 17.0. The van der Waals surface area contributed by atoms with E-state index in [1.807, 2.05) is 43.3 Å². The van der Waals surface area contributed by atoms with Crippen LogP contribution >= 0.6 is 11.3 Å². The molecule has 0 radical (unpaired) electrons. The number of nitrogens with one attached hydrogen (secondary N) is 1. The van der Waals surface area contributed by atoms with Gasteiger partial charge in [0.05, 0.1) is 34.5 Å². The molecule has 140 valence electrons. The number of para-hydroxylation sites is 1. The lowest BCUT2D eigenvalue weighted by Gasteiger charge is -2.16. The highest BCUT2D eigenvalue weighted by molar-refractivity contribution is 7.18. The van der Waals surface area contributed by atoms with Gasteiger partial charge < -0.3 is 14.8 Å². The molecular formula is C21H22N2O3S. The molecule has 0 fully saturated rings. The number of carbonyl (C=O) groups is 1. The quantitative estimate of drug-likeness (QED) is 0.716. The van der Waals surface area contributed by atoms with Gasteiger partial charge in [0.15, 0.2) is 11.5 Å². The van der Waals surface area contributed by atoms with Crippen LogP contribution < -0.4 is 14.8 Å². The van der Waals surface area contributed by atoms with Crippen molar-refractivity contribution in [2.45, 2.75) is 32.2 Å². The Balaban J connectivity index is 1.35. The molecular weight excluding hydrogens is 360 g/mol. The summed E-state index contributed by atoms with van der Waals surface area (Å²) in [5, 5.41) is 4.06. The van der Waals surface area contributed by atoms with Crippen LogP contribution in [0.25, 0.3) is 10.2 Å². The predicted octanol–water partition coefficient (Wildman–Crippen LogP) is 4.27. The molecule has 0 aliphatic carbocycles. The molecule has 1 unspecified atom stereocenters. The van der Waals surface area contributed by atoms with Gasteiger partial charge in [-0.3, -0.25) is 4.79 Å². The van der Waals surface area contributed by atoms with E-state index in [2.05, 4.69) is 16.4 Å². The van der Waals surface area contributed by atoms with E-state index in [0.29, 0.717) is 26.1 Å². The van der Waals surface area contributed by atoms with Crippen molar-refractivity contribution in [3.05, 3.63) is 53.0 Å². The second kappa shape index (κ2) is 7.96. The van der Waals surface area contributed by atoms with Gasteiger partial charge in [-0.25, -0.2) is 4.98 Å². The smallest absolute Gasteiger partial charge is 0.220 e. The maximum atomic E-state index is 12.4. The molecule has 1 amide bonds. The third-order valence-electron chi connectivity index (χ3n) is 4.55. The van der Waals surface area contributed by atoms with E-state index < -0.39 is 0 Å². The number of ether oxygens (including phenoxy) is 2. The number of aryl methyl sites for hydroxylation is 1. The standard InChI is InChI=1S/C21H22N2O3S/c1-14(15-7-8-17-18(13-15)26-12-4-11-25-17)22-20(24)9-10-21-23-16-5-2-3-6-19(16)27-21/h2-3,5-8,13-14H,4,9-12H2,1H3,(H,22,24). The molecule has 2 aromatic carbocycles. The molecule has 0 saturated carbocycles. The Morgan fingerprint density at radius 1 is 1.19 bits per heavy atom. The monoisotopic (exact) mass is 382 g/mol. The van der Waals surface area contributed by atoms with Crippen LogP contribution in [0.3, 0.4) is 0 Å². The van der Waals surface area contributed by atoms with Crippen molar-refractivity contribution in [1.82, 2.24) is 10.3 Å². The highest BCUT2D eigenvalue weighted by atomic mass is 32.1. The first-order valence-corrected chi connectivity index (χ1v) is 10.0. The minimum Gasteiger partial charge on any atom is -0.490 e. The maximum absolute atomic E-state index is 12.4. The molecule has 2 heterocycles. The molecule has 0 spiro atoms. The summed E-state index contributed by atoms with van der Waals surface area (Å²) in [7, 11) is 0. The normalized spacial score (nSPS) is 14.6. The van der Waals surface area contributed by atoms with E-state index in [4.69, 9.17) is 9.47 Å². The van der Waals surface area contributed by atoms with E-state index in [1.165, 1.54) is 0 Å². The number of rotatable bonds is 5. The summed E-state index contributed by atoms with van der Waals surface area (Å²) < 4.78 is 12.6. The summed E-state index contributed by atoms with van der Waals surface area (Å²) in [6.45, 7) is 3.30. The second-order valence-corrected chi connectivity index (χ2v) is 7.74. The molecule has 1 N–H and O–H groups in total. The molecule has 0 bridgehead atoms. The number of carbonyl (C=O) groups excluding carboxylic acids is 1. The van der Waals surface area contributed by atoms with Crippen LogP contribution in [0.5, 0.6) is 11.5 Å². The Kier molecular flexibility index (Phi) is 5.25. The van der Waals surface area contributed by atoms with E-state index >= 15 is 0 Å². The Bertz CT molecular complexity index is 921. The van der Waals surface area contributed by atoms with Crippen LogP contribution in [0, 0.1) is 0 Å². The summed E-state index contributed by atoms with van der Waals surface area (Å²) in [6, 6.07) is 13.8. The van der Waals surface area contributed by atoms with E-state index in [9.17, 15) is 4.79 Å². The van der Waals surface area contributed by atoms with Gasteiger partial charge in [0.1, 0.15) is 0 Å². The fraction of sp³-hybridized carbons (Fsp3) is 0.333. The minimum absolute atomic E-state index is 0.0221.